The van der Waals surface area contributed by atoms with Gasteiger partial charge in [0.05, 0.1) is 13.2 Å². The molecule has 0 aromatic carbocycles. The van der Waals surface area contributed by atoms with Gasteiger partial charge < -0.3 is 19.7 Å². The van der Waals surface area contributed by atoms with Crippen LogP contribution in [0.25, 0.3) is 0 Å². The van der Waals surface area contributed by atoms with E-state index in [1.54, 1.807) is 14.2 Å². The Kier molecular flexibility index (Phi) is 12.8. The second kappa shape index (κ2) is 12.9. The number of hydrogen-bond acceptors (Lipinski definition) is 4. The van der Waals surface area contributed by atoms with E-state index in [1.165, 1.54) is 19.4 Å². The predicted molar refractivity (Wildman–Crippen MR) is 68.0 cm³/mol. The number of nitrogens with one attached hydrogen (secondary N) is 1. The first-order chi connectivity index (χ1) is 7.85. The minimum absolute atomic E-state index is 0.801. The summed E-state index contributed by atoms with van der Waals surface area (Å²) in [4.78, 5) is 2.43. The molecule has 0 fully saturated rings. The summed E-state index contributed by atoms with van der Waals surface area (Å²) in [5, 5.41) is 3.35. The molecule has 0 unspecified atom stereocenters. The number of rotatable bonds is 12. The molecule has 0 radical (unpaired) electrons. The molecule has 0 bridgehead atoms. The van der Waals surface area contributed by atoms with Crippen molar-refractivity contribution in [2.24, 2.45) is 0 Å². The monoisotopic (exact) mass is 232 g/mol. The van der Waals surface area contributed by atoms with Gasteiger partial charge in [-0.05, 0) is 32.5 Å². The highest BCUT2D eigenvalue weighted by Gasteiger charge is 2.00. The molecule has 0 saturated carbocycles. The Hall–Kier alpha value is -0.160. The molecule has 4 heteroatoms. The van der Waals surface area contributed by atoms with Crippen LogP contribution in [0.1, 0.15) is 19.8 Å². The summed E-state index contributed by atoms with van der Waals surface area (Å²) in [6, 6.07) is 0. The summed E-state index contributed by atoms with van der Waals surface area (Å²) in [6.45, 7) is 9.21. The van der Waals surface area contributed by atoms with E-state index in [0.29, 0.717) is 0 Å². The number of methoxy groups -OCH3 is 2. The molecule has 0 amide bonds. The maximum absolute atomic E-state index is 5.08. The van der Waals surface area contributed by atoms with E-state index in [0.717, 1.165) is 39.4 Å². The van der Waals surface area contributed by atoms with Crippen molar-refractivity contribution in [1.29, 1.82) is 0 Å². The van der Waals surface area contributed by atoms with Crippen molar-refractivity contribution in [2.75, 3.05) is 60.2 Å². The highest BCUT2D eigenvalue weighted by atomic mass is 16.5. The summed E-state index contributed by atoms with van der Waals surface area (Å²) < 4.78 is 10.0. The molecule has 98 valence electrons. The lowest BCUT2D eigenvalue weighted by molar-refractivity contribution is 0.149. The van der Waals surface area contributed by atoms with Crippen LogP contribution in [0.2, 0.25) is 0 Å². The minimum Gasteiger partial charge on any atom is -0.383 e. The molecular weight excluding hydrogens is 204 g/mol. The van der Waals surface area contributed by atoms with Crippen molar-refractivity contribution >= 4 is 0 Å². The molecule has 0 rings (SSSR count). The van der Waals surface area contributed by atoms with Crippen LogP contribution in [0, 0.1) is 0 Å². The Morgan fingerprint density at radius 1 is 0.938 bits per heavy atom. The molecule has 0 atom stereocenters. The minimum atomic E-state index is 0.801. The Balaban J connectivity index is 3.20. The van der Waals surface area contributed by atoms with Crippen LogP contribution in [-0.4, -0.2) is 65.1 Å². The first-order valence-corrected chi connectivity index (χ1v) is 6.26. The quantitative estimate of drug-likeness (QED) is 0.508. The largest absolute Gasteiger partial charge is 0.383 e. The van der Waals surface area contributed by atoms with Gasteiger partial charge in [-0.15, -0.1) is 0 Å². The van der Waals surface area contributed by atoms with E-state index in [9.17, 15) is 0 Å². The van der Waals surface area contributed by atoms with Crippen LogP contribution in [0.5, 0.6) is 0 Å². The summed E-state index contributed by atoms with van der Waals surface area (Å²) in [7, 11) is 3.49. The topological polar surface area (TPSA) is 33.7 Å². The van der Waals surface area contributed by atoms with Gasteiger partial charge in [-0.3, -0.25) is 0 Å². The number of unbranched alkanes of at least 4 members (excludes halogenated alkanes) is 1. The second-order valence-electron chi connectivity index (χ2n) is 3.88. The van der Waals surface area contributed by atoms with Gasteiger partial charge in [0.1, 0.15) is 0 Å². The van der Waals surface area contributed by atoms with Crippen molar-refractivity contribution in [2.45, 2.75) is 19.8 Å². The van der Waals surface area contributed by atoms with Gasteiger partial charge >= 0.3 is 0 Å². The number of nitrogens with zero attached hydrogens (tertiary/aromatic N) is 1. The third-order valence-electron chi connectivity index (χ3n) is 2.62. The Bertz CT molecular complexity index is 134. The molecule has 0 aliphatic rings. The summed E-state index contributed by atoms with van der Waals surface area (Å²) in [5.74, 6) is 0. The molecule has 1 N–H and O–H groups in total. The zero-order chi connectivity index (χ0) is 12.1. The molecule has 0 spiro atoms. The molecule has 0 aliphatic carbocycles. The van der Waals surface area contributed by atoms with Gasteiger partial charge in [0, 0.05) is 27.3 Å². The fourth-order valence-electron chi connectivity index (χ4n) is 1.53. The third kappa shape index (κ3) is 10.4. The standard InChI is InChI=1S/C12H28N2O2/c1-4-14(10-12-16-3)9-6-5-7-13-8-11-15-2/h13H,4-12H2,1-3H3. The highest BCUT2D eigenvalue weighted by molar-refractivity contribution is 4.56. The zero-order valence-corrected chi connectivity index (χ0v) is 11.1. The van der Waals surface area contributed by atoms with Crippen molar-refractivity contribution in [3.8, 4) is 0 Å². The fourth-order valence-corrected chi connectivity index (χ4v) is 1.53. The average molecular weight is 232 g/mol. The number of hydrogen-bond donors (Lipinski definition) is 1. The first kappa shape index (κ1) is 15.8. The van der Waals surface area contributed by atoms with Crippen LogP contribution in [0.4, 0.5) is 0 Å². The summed E-state index contributed by atoms with van der Waals surface area (Å²) >= 11 is 0. The normalized spacial score (nSPS) is 11.2. The Morgan fingerprint density at radius 2 is 1.69 bits per heavy atom. The van der Waals surface area contributed by atoms with Gasteiger partial charge in [-0.25, -0.2) is 0 Å². The van der Waals surface area contributed by atoms with Crippen molar-refractivity contribution in [3.63, 3.8) is 0 Å². The molecule has 16 heavy (non-hydrogen) atoms. The van der Waals surface area contributed by atoms with Crippen molar-refractivity contribution in [1.82, 2.24) is 10.2 Å². The molecule has 0 aromatic heterocycles. The Morgan fingerprint density at radius 3 is 2.31 bits per heavy atom. The van der Waals surface area contributed by atoms with Gasteiger partial charge in [0.15, 0.2) is 0 Å². The van der Waals surface area contributed by atoms with E-state index in [2.05, 4.69) is 17.1 Å². The van der Waals surface area contributed by atoms with E-state index < -0.39 is 0 Å². The molecule has 0 heterocycles. The lowest BCUT2D eigenvalue weighted by atomic mass is 10.3. The lowest BCUT2D eigenvalue weighted by Gasteiger charge is -2.19. The van der Waals surface area contributed by atoms with Gasteiger partial charge in [-0.1, -0.05) is 6.92 Å². The second-order valence-corrected chi connectivity index (χ2v) is 3.88. The van der Waals surface area contributed by atoms with Crippen molar-refractivity contribution < 1.29 is 9.47 Å². The van der Waals surface area contributed by atoms with Crippen LogP contribution < -0.4 is 5.32 Å². The zero-order valence-electron chi connectivity index (χ0n) is 11.1. The Labute approximate surface area is 100 Å². The van der Waals surface area contributed by atoms with E-state index in [-0.39, 0.29) is 0 Å². The molecular formula is C12H28N2O2. The first-order valence-electron chi connectivity index (χ1n) is 6.26. The average Bonchev–Trinajstić information content (AvgIpc) is 2.32. The molecule has 0 aromatic rings. The summed E-state index contributed by atoms with van der Waals surface area (Å²) in [5.41, 5.74) is 0. The van der Waals surface area contributed by atoms with Crippen LogP contribution >= 0.6 is 0 Å². The van der Waals surface area contributed by atoms with Gasteiger partial charge in [0.25, 0.3) is 0 Å². The van der Waals surface area contributed by atoms with Crippen LogP contribution in [-0.2, 0) is 9.47 Å². The number of ether oxygens (including phenoxy) is 2. The van der Waals surface area contributed by atoms with Crippen LogP contribution in [0.15, 0.2) is 0 Å². The smallest absolute Gasteiger partial charge is 0.0589 e. The lowest BCUT2D eigenvalue weighted by Crippen LogP contribution is -2.29. The van der Waals surface area contributed by atoms with Gasteiger partial charge in [0.2, 0.25) is 0 Å². The predicted octanol–water partition coefficient (Wildman–Crippen LogP) is 0.971. The van der Waals surface area contributed by atoms with E-state index >= 15 is 0 Å². The maximum atomic E-state index is 5.08. The molecule has 0 saturated heterocycles. The molecule has 0 aliphatic heterocycles. The molecule has 4 nitrogen and oxygen atoms in total. The highest BCUT2D eigenvalue weighted by Crippen LogP contribution is 1.94. The van der Waals surface area contributed by atoms with E-state index in [4.69, 9.17) is 9.47 Å². The third-order valence-corrected chi connectivity index (χ3v) is 2.62. The fraction of sp³-hybridized carbons (Fsp3) is 1.00. The maximum Gasteiger partial charge on any atom is 0.0589 e. The number of likely N-dealkylation sites (N-methyl/N-ethyl adjacent to an activating group) is 1. The summed E-state index contributed by atoms with van der Waals surface area (Å²) in [6.07, 6.45) is 2.48. The van der Waals surface area contributed by atoms with Crippen LogP contribution in [0.3, 0.4) is 0 Å². The van der Waals surface area contributed by atoms with Gasteiger partial charge in [-0.2, -0.15) is 0 Å². The van der Waals surface area contributed by atoms with Crippen molar-refractivity contribution in [3.05, 3.63) is 0 Å². The SMILES string of the molecule is CCN(CCCCNCCOC)CCOC. The van der Waals surface area contributed by atoms with E-state index in [1.807, 2.05) is 0 Å².